The summed E-state index contributed by atoms with van der Waals surface area (Å²) < 4.78 is 5.51. The Kier molecular flexibility index (Phi) is 3.22. The van der Waals surface area contributed by atoms with E-state index in [2.05, 4.69) is 10.7 Å². The molecule has 2 aliphatic heterocycles. The molecule has 0 bridgehead atoms. The van der Waals surface area contributed by atoms with Crippen LogP contribution in [-0.4, -0.2) is 31.3 Å². The van der Waals surface area contributed by atoms with Crippen LogP contribution in [0, 0.1) is 5.92 Å². The van der Waals surface area contributed by atoms with Crippen LogP contribution in [0.25, 0.3) is 0 Å². The number of nitrogens with one attached hydrogen (secondary N) is 1. The Hall–Kier alpha value is -0.450. The summed E-state index contributed by atoms with van der Waals surface area (Å²) in [5.74, 6) is 1.37. The Morgan fingerprint density at radius 2 is 2.44 bits per heavy atom. The van der Waals surface area contributed by atoms with Crippen molar-refractivity contribution in [1.82, 2.24) is 10.3 Å². The maximum Gasteiger partial charge on any atom is 0.0932 e. The molecule has 1 aromatic heterocycles. The van der Waals surface area contributed by atoms with Crippen LogP contribution in [0.15, 0.2) is 5.38 Å². The third-order valence-corrected chi connectivity index (χ3v) is 4.37. The van der Waals surface area contributed by atoms with E-state index in [1.165, 1.54) is 36.6 Å². The van der Waals surface area contributed by atoms with Crippen LogP contribution in [0.5, 0.6) is 0 Å². The Balaban J connectivity index is 1.61. The van der Waals surface area contributed by atoms with Gasteiger partial charge in [0.15, 0.2) is 0 Å². The standard InChI is InChI=1S/C12H18N2OS/c1-2-10(7-15-3-1)11-8-16-12(14-11)4-9-5-13-6-9/h8-10,13H,1-7H2. The summed E-state index contributed by atoms with van der Waals surface area (Å²) in [5, 5.41) is 6.86. The van der Waals surface area contributed by atoms with Crippen LogP contribution in [0.4, 0.5) is 0 Å². The number of aromatic nitrogens is 1. The largest absolute Gasteiger partial charge is 0.381 e. The summed E-state index contributed by atoms with van der Waals surface area (Å²) >= 11 is 1.83. The summed E-state index contributed by atoms with van der Waals surface area (Å²) in [7, 11) is 0. The van der Waals surface area contributed by atoms with Gasteiger partial charge in [0.1, 0.15) is 0 Å². The zero-order valence-electron chi connectivity index (χ0n) is 9.45. The molecule has 4 heteroatoms. The maximum absolute atomic E-state index is 5.51. The van der Waals surface area contributed by atoms with E-state index in [-0.39, 0.29) is 0 Å². The molecule has 3 rings (SSSR count). The topological polar surface area (TPSA) is 34.2 Å². The van der Waals surface area contributed by atoms with Gasteiger partial charge in [0, 0.05) is 24.3 Å². The zero-order chi connectivity index (χ0) is 10.8. The maximum atomic E-state index is 5.51. The van der Waals surface area contributed by atoms with Crippen molar-refractivity contribution < 1.29 is 4.74 Å². The zero-order valence-corrected chi connectivity index (χ0v) is 10.3. The van der Waals surface area contributed by atoms with E-state index >= 15 is 0 Å². The molecule has 2 fully saturated rings. The molecule has 3 nitrogen and oxygen atoms in total. The highest BCUT2D eigenvalue weighted by molar-refractivity contribution is 7.09. The molecule has 2 aliphatic rings. The lowest BCUT2D eigenvalue weighted by Gasteiger charge is -2.26. The van der Waals surface area contributed by atoms with E-state index in [4.69, 9.17) is 9.72 Å². The number of rotatable bonds is 3. The molecule has 0 aliphatic carbocycles. The molecule has 1 unspecified atom stereocenters. The molecule has 0 amide bonds. The fraction of sp³-hybridized carbons (Fsp3) is 0.750. The van der Waals surface area contributed by atoms with Crippen LogP contribution in [0.3, 0.4) is 0 Å². The van der Waals surface area contributed by atoms with Gasteiger partial charge in [-0.1, -0.05) is 0 Å². The number of ether oxygens (including phenoxy) is 1. The summed E-state index contributed by atoms with van der Waals surface area (Å²) in [6, 6.07) is 0. The molecule has 0 aromatic carbocycles. The predicted molar refractivity (Wildman–Crippen MR) is 65.0 cm³/mol. The van der Waals surface area contributed by atoms with Gasteiger partial charge in [0.2, 0.25) is 0 Å². The van der Waals surface area contributed by atoms with Gasteiger partial charge in [-0.3, -0.25) is 0 Å². The van der Waals surface area contributed by atoms with Gasteiger partial charge in [0.05, 0.1) is 17.3 Å². The molecule has 0 spiro atoms. The molecule has 3 heterocycles. The smallest absolute Gasteiger partial charge is 0.0932 e. The van der Waals surface area contributed by atoms with E-state index in [1.807, 2.05) is 11.3 Å². The quantitative estimate of drug-likeness (QED) is 0.872. The minimum Gasteiger partial charge on any atom is -0.381 e. The highest BCUT2D eigenvalue weighted by Crippen LogP contribution is 2.27. The van der Waals surface area contributed by atoms with Crippen molar-refractivity contribution in [2.75, 3.05) is 26.3 Å². The van der Waals surface area contributed by atoms with Crippen molar-refractivity contribution in [2.45, 2.75) is 25.2 Å². The van der Waals surface area contributed by atoms with Gasteiger partial charge in [-0.15, -0.1) is 11.3 Å². The molecule has 1 atom stereocenters. The Morgan fingerprint density at radius 3 is 3.12 bits per heavy atom. The van der Waals surface area contributed by atoms with E-state index in [9.17, 15) is 0 Å². The molecular weight excluding hydrogens is 220 g/mol. The highest BCUT2D eigenvalue weighted by atomic mass is 32.1. The Labute approximate surface area is 100 Å². The van der Waals surface area contributed by atoms with Crippen molar-refractivity contribution in [1.29, 1.82) is 0 Å². The molecule has 2 saturated heterocycles. The lowest BCUT2D eigenvalue weighted by Crippen LogP contribution is -2.43. The Morgan fingerprint density at radius 1 is 1.50 bits per heavy atom. The van der Waals surface area contributed by atoms with E-state index in [0.29, 0.717) is 5.92 Å². The summed E-state index contributed by atoms with van der Waals surface area (Å²) in [6.07, 6.45) is 3.59. The first kappa shape index (κ1) is 10.7. The van der Waals surface area contributed by atoms with Gasteiger partial charge in [-0.25, -0.2) is 4.98 Å². The average Bonchev–Trinajstić information content (AvgIpc) is 2.73. The third kappa shape index (κ3) is 2.29. The lowest BCUT2D eigenvalue weighted by molar-refractivity contribution is 0.0794. The molecule has 1 N–H and O–H groups in total. The fourth-order valence-corrected chi connectivity index (χ4v) is 3.31. The van der Waals surface area contributed by atoms with Crippen molar-refractivity contribution in [3.05, 3.63) is 16.1 Å². The molecule has 88 valence electrons. The monoisotopic (exact) mass is 238 g/mol. The number of nitrogens with zero attached hydrogens (tertiary/aromatic N) is 1. The molecule has 0 radical (unpaired) electrons. The van der Waals surface area contributed by atoms with Gasteiger partial charge >= 0.3 is 0 Å². The molecule has 0 saturated carbocycles. The number of hydrogen-bond donors (Lipinski definition) is 1. The average molecular weight is 238 g/mol. The van der Waals surface area contributed by atoms with Gasteiger partial charge < -0.3 is 10.1 Å². The predicted octanol–water partition coefficient (Wildman–Crippen LogP) is 1.80. The third-order valence-electron chi connectivity index (χ3n) is 3.48. The highest BCUT2D eigenvalue weighted by Gasteiger charge is 2.21. The van der Waals surface area contributed by atoms with Crippen LogP contribution in [0.1, 0.15) is 29.5 Å². The van der Waals surface area contributed by atoms with Crippen molar-refractivity contribution in [3.63, 3.8) is 0 Å². The van der Waals surface area contributed by atoms with Crippen molar-refractivity contribution in [3.8, 4) is 0 Å². The van der Waals surface area contributed by atoms with Crippen molar-refractivity contribution >= 4 is 11.3 Å². The minimum absolute atomic E-state index is 0.554. The summed E-state index contributed by atoms with van der Waals surface area (Å²) in [4.78, 5) is 4.77. The van der Waals surface area contributed by atoms with E-state index in [1.54, 1.807) is 0 Å². The van der Waals surface area contributed by atoms with Gasteiger partial charge in [0.25, 0.3) is 0 Å². The lowest BCUT2D eigenvalue weighted by atomic mass is 9.99. The Bertz CT molecular complexity index is 343. The first-order chi connectivity index (χ1) is 7.92. The van der Waals surface area contributed by atoms with Crippen molar-refractivity contribution in [2.24, 2.45) is 5.92 Å². The summed E-state index contributed by atoms with van der Waals surface area (Å²) in [5.41, 5.74) is 1.27. The summed E-state index contributed by atoms with van der Waals surface area (Å²) in [6.45, 7) is 4.14. The van der Waals surface area contributed by atoms with E-state index < -0.39 is 0 Å². The second kappa shape index (κ2) is 4.82. The number of thiazole rings is 1. The molecular formula is C12H18N2OS. The van der Waals surface area contributed by atoms with Gasteiger partial charge in [-0.2, -0.15) is 0 Å². The van der Waals surface area contributed by atoms with Crippen LogP contribution in [-0.2, 0) is 11.2 Å². The SMILES string of the molecule is c1sc(CC2CNC2)nc1C1CCCOC1. The van der Waals surface area contributed by atoms with Crippen LogP contribution < -0.4 is 5.32 Å². The van der Waals surface area contributed by atoms with Crippen LogP contribution in [0.2, 0.25) is 0 Å². The van der Waals surface area contributed by atoms with Gasteiger partial charge in [-0.05, 0) is 31.8 Å². The molecule has 16 heavy (non-hydrogen) atoms. The second-order valence-electron chi connectivity index (χ2n) is 4.81. The minimum atomic E-state index is 0.554. The van der Waals surface area contributed by atoms with E-state index in [0.717, 1.165) is 25.6 Å². The first-order valence-corrected chi connectivity index (χ1v) is 7.02. The second-order valence-corrected chi connectivity index (χ2v) is 5.75. The first-order valence-electron chi connectivity index (χ1n) is 6.14. The van der Waals surface area contributed by atoms with Crippen LogP contribution >= 0.6 is 11.3 Å². The number of hydrogen-bond acceptors (Lipinski definition) is 4. The normalized spacial score (nSPS) is 26.6. The fourth-order valence-electron chi connectivity index (χ4n) is 2.32. The molecule has 1 aromatic rings.